The van der Waals surface area contributed by atoms with Crippen molar-refractivity contribution < 1.29 is 9.59 Å². The van der Waals surface area contributed by atoms with Crippen LogP contribution in [0.1, 0.15) is 22.8 Å². The summed E-state index contributed by atoms with van der Waals surface area (Å²) in [5.74, 6) is -0.570. The first-order valence-corrected chi connectivity index (χ1v) is 7.83. The van der Waals surface area contributed by atoms with Crippen molar-refractivity contribution in [3.05, 3.63) is 64.1 Å². The molecule has 1 N–H and O–H groups in total. The van der Waals surface area contributed by atoms with Crippen molar-refractivity contribution in [2.45, 2.75) is 19.9 Å². The van der Waals surface area contributed by atoms with Gasteiger partial charge in [-0.3, -0.25) is 14.4 Å². The number of pyridine rings is 1. The monoisotopic (exact) mass is 325 g/mol. The fraction of sp³-hybridized carbons (Fsp3) is 0.278. The molecule has 0 spiro atoms. The van der Waals surface area contributed by atoms with Crippen molar-refractivity contribution in [2.75, 3.05) is 18.0 Å². The van der Waals surface area contributed by atoms with E-state index in [1.807, 2.05) is 38.1 Å². The van der Waals surface area contributed by atoms with E-state index in [9.17, 15) is 14.4 Å². The van der Waals surface area contributed by atoms with Crippen molar-refractivity contribution in [3.8, 4) is 0 Å². The van der Waals surface area contributed by atoms with E-state index in [0.29, 0.717) is 6.54 Å². The third-order valence-corrected chi connectivity index (χ3v) is 4.24. The molecule has 1 aliphatic rings. The number of piperazine rings is 1. The van der Waals surface area contributed by atoms with Gasteiger partial charge in [0.05, 0.1) is 0 Å². The van der Waals surface area contributed by atoms with Crippen molar-refractivity contribution in [2.24, 2.45) is 0 Å². The second-order valence-electron chi connectivity index (χ2n) is 6.03. The van der Waals surface area contributed by atoms with Crippen molar-refractivity contribution in [3.63, 3.8) is 0 Å². The number of nitrogens with zero attached hydrogens (tertiary/aromatic N) is 2. The first-order chi connectivity index (χ1) is 11.5. The maximum Gasteiger partial charge on any atom is 0.260 e. The molecule has 6 nitrogen and oxygen atoms in total. The number of benzene rings is 1. The van der Waals surface area contributed by atoms with E-state index in [1.165, 1.54) is 17.2 Å². The molecular weight excluding hydrogens is 306 g/mol. The van der Waals surface area contributed by atoms with Crippen LogP contribution in [0.4, 0.5) is 5.69 Å². The summed E-state index contributed by atoms with van der Waals surface area (Å²) in [6, 6.07) is 10.6. The van der Waals surface area contributed by atoms with Crippen molar-refractivity contribution >= 4 is 17.5 Å². The largest absolute Gasteiger partial charge is 0.328 e. The third kappa shape index (κ3) is 2.95. The molecule has 6 heteroatoms. The minimum Gasteiger partial charge on any atom is -0.328 e. The van der Waals surface area contributed by atoms with Crippen LogP contribution >= 0.6 is 0 Å². The van der Waals surface area contributed by atoms with Gasteiger partial charge in [-0.1, -0.05) is 17.7 Å². The summed E-state index contributed by atoms with van der Waals surface area (Å²) in [6.45, 7) is 4.23. The Bertz CT molecular complexity index is 826. The number of amides is 2. The van der Waals surface area contributed by atoms with Gasteiger partial charge in [0.2, 0.25) is 5.91 Å². The lowest BCUT2D eigenvalue weighted by molar-refractivity contribution is -0.121. The van der Waals surface area contributed by atoms with Gasteiger partial charge in [-0.25, -0.2) is 0 Å². The summed E-state index contributed by atoms with van der Waals surface area (Å²) >= 11 is 0. The summed E-state index contributed by atoms with van der Waals surface area (Å²) in [7, 11) is 0. The van der Waals surface area contributed by atoms with Crippen LogP contribution in [0.25, 0.3) is 0 Å². The minimum absolute atomic E-state index is 0.0395. The smallest absolute Gasteiger partial charge is 0.260 e. The zero-order valence-corrected chi connectivity index (χ0v) is 13.7. The number of anilines is 1. The number of nitrogens with one attached hydrogen (secondary N) is 1. The molecule has 124 valence electrons. The van der Waals surface area contributed by atoms with Gasteiger partial charge in [0.25, 0.3) is 11.5 Å². The van der Waals surface area contributed by atoms with Crippen LogP contribution in [-0.4, -0.2) is 40.8 Å². The van der Waals surface area contributed by atoms with E-state index in [2.05, 4.69) is 4.98 Å². The predicted molar refractivity (Wildman–Crippen MR) is 91.1 cm³/mol. The molecule has 3 rings (SSSR count). The van der Waals surface area contributed by atoms with Gasteiger partial charge in [-0.2, -0.15) is 0 Å². The highest BCUT2D eigenvalue weighted by Gasteiger charge is 2.34. The molecule has 1 aromatic carbocycles. The normalized spacial score (nSPS) is 17.9. The Balaban J connectivity index is 1.82. The van der Waals surface area contributed by atoms with Gasteiger partial charge >= 0.3 is 0 Å². The zero-order chi connectivity index (χ0) is 17.3. The van der Waals surface area contributed by atoms with Crippen LogP contribution in [0.5, 0.6) is 0 Å². The molecule has 1 atom stereocenters. The minimum atomic E-state index is -0.442. The van der Waals surface area contributed by atoms with E-state index in [4.69, 9.17) is 0 Å². The second kappa shape index (κ2) is 6.31. The molecule has 0 unspecified atom stereocenters. The number of carbonyl (C=O) groups excluding carboxylic acids is 2. The van der Waals surface area contributed by atoms with Crippen molar-refractivity contribution in [1.29, 1.82) is 0 Å². The maximum atomic E-state index is 12.6. The molecule has 1 fully saturated rings. The number of aromatic amines is 1. The Kier molecular flexibility index (Phi) is 4.20. The highest BCUT2D eigenvalue weighted by atomic mass is 16.2. The standard InChI is InChI=1S/C18H19N3O3/c1-12-5-7-14(8-6-12)21-10-13(2)20(11-16(21)22)18(24)15-4-3-9-19-17(15)23/h3-9,13H,10-11H2,1-2H3,(H,19,23)/t13-/m1/s1. The van der Waals surface area contributed by atoms with Crippen LogP contribution in [0.3, 0.4) is 0 Å². The van der Waals surface area contributed by atoms with Crippen LogP contribution in [0.2, 0.25) is 0 Å². The maximum absolute atomic E-state index is 12.6. The Hall–Kier alpha value is -2.89. The summed E-state index contributed by atoms with van der Waals surface area (Å²) in [5.41, 5.74) is 1.56. The quantitative estimate of drug-likeness (QED) is 0.911. The molecule has 2 amide bonds. The summed E-state index contributed by atoms with van der Waals surface area (Å²) < 4.78 is 0. The van der Waals surface area contributed by atoms with Gasteiger partial charge in [0.1, 0.15) is 12.1 Å². The summed E-state index contributed by atoms with van der Waals surface area (Å²) in [6.07, 6.45) is 1.48. The highest BCUT2D eigenvalue weighted by Crippen LogP contribution is 2.21. The number of carbonyl (C=O) groups is 2. The third-order valence-electron chi connectivity index (χ3n) is 4.24. The number of rotatable bonds is 2. The molecule has 0 saturated carbocycles. The number of H-pyrrole nitrogens is 1. The molecule has 24 heavy (non-hydrogen) atoms. The topological polar surface area (TPSA) is 73.5 Å². The van der Waals surface area contributed by atoms with E-state index in [-0.39, 0.29) is 24.1 Å². The van der Waals surface area contributed by atoms with Crippen LogP contribution in [0.15, 0.2) is 47.4 Å². The lowest BCUT2D eigenvalue weighted by Crippen LogP contribution is -2.57. The summed E-state index contributed by atoms with van der Waals surface area (Å²) in [5, 5.41) is 0. The van der Waals surface area contributed by atoms with E-state index >= 15 is 0 Å². The lowest BCUT2D eigenvalue weighted by atomic mass is 10.1. The fourth-order valence-electron chi connectivity index (χ4n) is 2.84. The van der Waals surface area contributed by atoms with Crippen LogP contribution in [-0.2, 0) is 4.79 Å². The highest BCUT2D eigenvalue weighted by molar-refractivity contribution is 6.01. The number of hydrogen-bond donors (Lipinski definition) is 1. The van der Waals surface area contributed by atoms with Crippen LogP contribution < -0.4 is 10.5 Å². The SMILES string of the molecule is Cc1ccc(N2C[C@@H](C)N(C(=O)c3ccc[nH]c3=O)CC2=O)cc1. The average molecular weight is 325 g/mol. The molecule has 1 saturated heterocycles. The second-order valence-corrected chi connectivity index (χ2v) is 6.03. The Morgan fingerprint density at radius 3 is 2.54 bits per heavy atom. The first-order valence-electron chi connectivity index (χ1n) is 7.83. The van der Waals surface area contributed by atoms with Gasteiger partial charge in [0.15, 0.2) is 0 Å². The van der Waals surface area contributed by atoms with E-state index < -0.39 is 11.5 Å². The van der Waals surface area contributed by atoms with Gasteiger partial charge in [-0.05, 0) is 38.1 Å². The van der Waals surface area contributed by atoms with E-state index in [1.54, 1.807) is 11.0 Å². The first kappa shape index (κ1) is 16.0. The molecule has 0 radical (unpaired) electrons. The summed E-state index contributed by atoms with van der Waals surface area (Å²) in [4.78, 5) is 42.5. The van der Waals surface area contributed by atoms with E-state index in [0.717, 1.165) is 11.3 Å². The molecule has 1 aromatic heterocycles. The molecule has 1 aliphatic heterocycles. The molecule has 2 aromatic rings. The fourth-order valence-corrected chi connectivity index (χ4v) is 2.84. The Labute approximate surface area is 139 Å². The number of aromatic nitrogens is 1. The Morgan fingerprint density at radius 2 is 1.88 bits per heavy atom. The molecule has 0 aliphatic carbocycles. The van der Waals surface area contributed by atoms with Gasteiger partial charge < -0.3 is 14.8 Å². The number of aryl methyl sites for hydroxylation is 1. The molecule has 2 heterocycles. The molecular formula is C18H19N3O3. The lowest BCUT2D eigenvalue weighted by Gasteiger charge is -2.39. The van der Waals surface area contributed by atoms with Crippen LogP contribution in [0, 0.1) is 6.92 Å². The van der Waals surface area contributed by atoms with Crippen molar-refractivity contribution in [1.82, 2.24) is 9.88 Å². The average Bonchev–Trinajstić information content (AvgIpc) is 2.57. The molecule has 0 bridgehead atoms. The predicted octanol–water partition coefficient (Wildman–Crippen LogP) is 1.56. The number of hydrogen-bond acceptors (Lipinski definition) is 3. The van der Waals surface area contributed by atoms with Gasteiger partial charge in [-0.15, -0.1) is 0 Å². The van der Waals surface area contributed by atoms with Gasteiger partial charge in [0, 0.05) is 24.5 Å². The Morgan fingerprint density at radius 1 is 1.17 bits per heavy atom. The zero-order valence-electron chi connectivity index (χ0n) is 13.7.